The Bertz CT molecular complexity index is 724. The van der Waals surface area contributed by atoms with Crippen LogP contribution >= 0.6 is 0 Å². The first-order chi connectivity index (χ1) is 14.6. The number of benzene rings is 2. The summed E-state index contributed by atoms with van der Waals surface area (Å²) in [6, 6.07) is 19.8. The Morgan fingerprint density at radius 3 is 1.86 bits per heavy atom. The summed E-state index contributed by atoms with van der Waals surface area (Å²) >= 11 is 0. The molecule has 0 N–H and O–H groups in total. The summed E-state index contributed by atoms with van der Waals surface area (Å²) in [6.45, 7) is 12.2. The van der Waals surface area contributed by atoms with Gasteiger partial charge in [0, 0.05) is 12.0 Å². The Morgan fingerprint density at radius 2 is 1.48 bits per heavy atom. The lowest BCUT2D eigenvalue weighted by Gasteiger charge is -2.19. The Balaban J connectivity index is 0. The molecule has 3 rings (SSSR count). The van der Waals surface area contributed by atoms with Crippen molar-refractivity contribution >= 4 is 11.4 Å². The first-order valence-electron chi connectivity index (χ1n) is 10.6. The molecule has 1 aliphatic heterocycles. The van der Waals surface area contributed by atoms with E-state index in [-0.39, 0.29) is 0 Å². The number of para-hydroxylation sites is 1. The predicted molar refractivity (Wildman–Crippen MR) is 127 cm³/mol. The van der Waals surface area contributed by atoms with Crippen molar-refractivity contribution < 1.29 is 1.37 Å². The highest BCUT2D eigenvalue weighted by Gasteiger charge is 2.25. The topological polar surface area (TPSA) is 76.7 Å². The summed E-state index contributed by atoms with van der Waals surface area (Å²) in [5.74, 6) is 0. The average molecular weight is 398 g/mol. The zero-order valence-electron chi connectivity index (χ0n) is 19.8. The van der Waals surface area contributed by atoms with E-state index in [0.717, 1.165) is 5.69 Å². The van der Waals surface area contributed by atoms with Gasteiger partial charge in [-0.1, -0.05) is 92.3 Å². The van der Waals surface area contributed by atoms with E-state index in [2.05, 4.69) is 34.2 Å². The number of azide groups is 1. The molecule has 0 bridgehead atoms. The van der Waals surface area contributed by atoms with Crippen LogP contribution in [0.2, 0.25) is 0 Å². The van der Waals surface area contributed by atoms with Crippen molar-refractivity contribution in [2.24, 2.45) is 15.5 Å². The molecule has 0 radical (unpaired) electrons. The Hall–Kier alpha value is -3.11. The maximum atomic E-state index is 7.98. The van der Waals surface area contributed by atoms with Gasteiger partial charge in [-0.25, -0.2) is 5.01 Å². The van der Waals surface area contributed by atoms with Crippen LogP contribution in [0.1, 0.15) is 50.3 Å². The summed E-state index contributed by atoms with van der Waals surface area (Å²) < 4.78 is 5.75. The molecule has 6 heteroatoms. The summed E-state index contributed by atoms with van der Waals surface area (Å²) in [5, 5.41) is 13.6. The van der Waals surface area contributed by atoms with Crippen LogP contribution in [0.3, 0.4) is 0 Å². The van der Waals surface area contributed by atoms with Crippen LogP contribution in [-0.2, 0) is 0 Å². The molecule has 2 aromatic carbocycles. The monoisotopic (exact) mass is 397 g/mol. The molecule has 0 aliphatic carbocycles. The maximum Gasteiger partial charge on any atom is 0.0923 e. The average Bonchev–Trinajstić information content (AvgIpc) is 3.17. The van der Waals surface area contributed by atoms with Crippen LogP contribution in [-0.4, -0.2) is 12.1 Å². The number of anilines is 1. The highest BCUT2D eigenvalue weighted by Crippen LogP contribution is 2.24. The van der Waals surface area contributed by atoms with E-state index in [9.17, 15) is 0 Å². The molecule has 0 saturated heterocycles. The van der Waals surface area contributed by atoms with Gasteiger partial charge < -0.3 is 0 Å². The van der Waals surface area contributed by atoms with Gasteiger partial charge in [0.2, 0.25) is 0 Å². The van der Waals surface area contributed by atoms with E-state index >= 15 is 0 Å². The van der Waals surface area contributed by atoms with Gasteiger partial charge in [-0.05, 0) is 45.4 Å². The third kappa shape index (κ3) is 11.4. The SMILES string of the molecule is C/C=C/C.CC.CC1N=NN(c2ccccc2)C1C.[2H]C.[N-]=[N+]=Nc1ccccc1. The smallest absolute Gasteiger partial charge is 0.0923 e. The van der Waals surface area contributed by atoms with Crippen LogP contribution in [0, 0.1) is 0 Å². The molecule has 1 heterocycles. The number of hydrogen-bond acceptors (Lipinski definition) is 4. The van der Waals surface area contributed by atoms with E-state index in [1.54, 1.807) is 12.1 Å². The van der Waals surface area contributed by atoms with Crippen molar-refractivity contribution in [1.29, 1.82) is 0 Å². The van der Waals surface area contributed by atoms with Crippen LogP contribution in [0.25, 0.3) is 10.4 Å². The van der Waals surface area contributed by atoms with Crippen LogP contribution in [0.4, 0.5) is 11.4 Å². The van der Waals surface area contributed by atoms with E-state index in [1.165, 1.54) is 7.40 Å². The lowest BCUT2D eigenvalue weighted by Crippen LogP contribution is -2.29. The lowest BCUT2D eigenvalue weighted by atomic mass is 10.1. The minimum atomic E-state index is 0.292. The fourth-order valence-corrected chi connectivity index (χ4v) is 1.93. The fraction of sp³-hybridized carbons (Fsp3) is 0.391. The molecule has 2 unspecified atom stereocenters. The van der Waals surface area contributed by atoms with Crippen molar-refractivity contribution in [3.05, 3.63) is 83.3 Å². The van der Waals surface area contributed by atoms with Gasteiger partial charge >= 0.3 is 0 Å². The first kappa shape index (κ1) is 25.9. The molecular formula is C23H36N6. The van der Waals surface area contributed by atoms with Crippen molar-refractivity contribution in [2.45, 2.75) is 61.0 Å². The third-order valence-electron chi connectivity index (χ3n) is 3.68. The number of allylic oxidation sites excluding steroid dienone is 2. The number of rotatable bonds is 2. The minimum Gasteiger partial charge on any atom is -0.242 e. The molecule has 0 spiro atoms. The van der Waals surface area contributed by atoms with Gasteiger partial charge in [0.25, 0.3) is 0 Å². The summed E-state index contributed by atoms with van der Waals surface area (Å²) in [7, 11) is 1.25. The van der Waals surface area contributed by atoms with E-state index in [4.69, 9.17) is 6.90 Å². The highest BCUT2D eigenvalue weighted by molar-refractivity contribution is 5.46. The molecule has 0 amide bonds. The largest absolute Gasteiger partial charge is 0.242 e. The van der Waals surface area contributed by atoms with Crippen LogP contribution in [0.5, 0.6) is 0 Å². The normalized spacial score (nSPS) is 16.2. The molecule has 158 valence electrons. The Labute approximate surface area is 178 Å². The highest BCUT2D eigenvalue weighted by atomic mass is 15.6. The van der Waals surface area contributed by atoms with Gasteiger partial charge in [0.15, 0.2) is 0 Å². The molecule has 0 aromatic heterocycles. The summed E-state index contributed by atoms with van der Waals surface area (Å²) in [6.07, 6.45) is 4.00. The quantitative estimate of drug-likeness (QED) is 0.216. The van der Waals surface area contributed by atoms with E-state index in [0.29, 0.717) is 17.8 Å². The number of hydrogen-bond donors (Lipinski definition) is 0. The van der Waals surface area contributed by atoms with Gasteiger partial charge in [0.05, 0.1) is 17.8 Å². The van der Waals surface area contributed by atoms with Crippen LogP contribution in [0.15, 0.2) is 88.3 Å². The maximum absolute atomic E-state index is 7.98. The van der Waals surface area contributed by atoms with E-state index < -0.39 is 0 Å². The molecule has 1 aliphatic rings. The minimum absolute atomic E-state index is 0.292. The molecule has 29 heavy (non-hydrogen) atoms. The van der Waals surface area contributed by atoms with Gasteiger partial charge in [-0.3, -0.25) is 0 Å². The second-order valence-corrected chi connectivity index (χ2v) is 5.56. The molecule has 0 fully saturated rings. The van der Waals surface area contributed by atoms with E-state index in [1.807, 2.05) is 93.4 Å². The van der Waals surface area contributed by atoms with Gasteiger partial charge in [0.1, 0.15) is 0 Å². The molecular weight excluding hydrogens is 360 g/mol. The van der Waals surface area contributed by atoms with Gasteiger partial charge in [-0.15, -0.1) is 0 Å². The van der Waals surface area contributed by atoms with Crippen molar-refractivity contribution in [1.82, 2.24) is 0 Å². The molecule has 0 saturated carbocycles. The molecule has 2 aromatic rings. The van der Waals surface area contributed by atoms with Gasteiger partial charge in [-0.2, -0.15) is 5.11 Å². The second-order valence-electron chi connectivity index (χ2n) is 5.56. The van der Waals surface area contributed by atoms with Crippen molar-refractivity contribution in [2.75, 3.05) is 5.01 Å². The summed E-state index contributed by atoms with van der Waals surface area (Å²) in [5.41, 5.74) is 9.74. The van der Waals surface area contributed by atoms with Crippen molar-refractivity contribution in [3.63, 3.8) is 0 Å². The summed E-state index contributed by atoms with van der Waals surface area (Å²) in [4.78, 5) is 2.63. The Morgan fingerprint density at radius 1 is 1.00 bits per heavy atom. The van der Waals surface area contributed by atoms with Crippen LogP contribution < -0.4 is 5.01 Å². The fourth-order valence-electron chi connectivity index (χ4n) is 1.93. The second kappa shape index (κ2) is 18.3. The number of nitrogens with zero attached hydrogens (tertiary/aromatic N) is 6. The lowest BCUT2D eigenvalue weighted by molar-refractivity contribution is 0.633. The zero-order chi connectivity index (χ0) is 23.2. The molecule has 6 nitrogen and oxygen atoms in total. The standard InChI is InChI=1S/C10H13N3.C6H5N3.C4H8.C2H6.CH4/c1-8-9(2)13(12-11-8)10-6-4-3-5-7-10;7-9-8-6-4-2-1-3-5-6;1-3-4-2;1-2;/h3-9H,1-2H3;1-5H;3-4H,1-2H3;1-2H3;1H4/b;;4-3+;;/i;;;;1D. The molecule has 2 atom stereocenters. The van der Waals surface area contributed by atoms with Crippen molar-refractivity contribution in [3.8, 4) is 0 Å². The Kier molecular flexibility index (Phi) is 16.3. The first-order valence-corrected chi connectivity index (χ1v) is 9.56. The third-order valence-corrected chi connectivity index (χ3v) is 3.68. The zero-order valence-corrected chi connectivity index (χ0v) is 18.8. The predicted octanol–water partition coefficient (Wildman–Crippen LogP) is 8.52.